The Hall–Kier alpha value is -1.55. The molecular weight excluding hydrogens is 252 g/mol. The summed E-state index contributed by atoms with van der Waals surface area (Å²) in [5.74, 6) is -0.554. The molecule has 0 unspecified atom stereocenters. The van der Waals surface area contributed by atoms with Crippen LogP contribution in [-0.2, 0) is 4.79 Å². The van der Waals surface area contributed by atoms with Gasteiger partial charge in [0.1, 0.15) is 0 Å². The molecule has 0 fully saturated rings. The van der Waals surface area contributed by atoms with Gasteiger partial charge < -0.3 is 0 Å². The molecule has 5 heteroatoms. The maximum atomic E-state index is 12.3. The van der Waals surface area contributed by atoms with Crippen molar-refractivity contribution < 1.29 is 9.59 Å². The summed E-state index contributed by atoms with van der Waals surface area (Å²) in [5.41, 5.74) is 2.51. The highest BCUT2D eigenvalue weighted by atomic mass is 35.5. The molecule has 0 radical (unpaired) electrons. The molecule has 2 amide bonds. The molecule has 1 aromatic carbocycles. The first-order valence-electron chi connectivity index (χ1n) is 5.59. The van der Waals surface area contributed by atoms with Crippen molar-refractivity contribution in [1.82, 2.24) is 10.4 Å². The second-order valence-corrected chi connectivity index (χ2v) is 5.42. The van der Waals surface area contributed by atoms with Crippen LogP contribution in [0, 0.1) is 0 Å². The van der Waals surface area contributed by atoms with Crippen LogP contribution in [0.15, 0.2) is 24.3 Å². The van der Waals surface area contributed by atoms with E-state index in [1.54, 1.807) is 24.3 Å². The largest absolute Gasteiger partial charge is 0.274 e. The number of nitrogens with zero attached hydrogens (tertiary/aromatic N) is 1. The number of carbonyl (C=O) groups excluding carboxylic acids is 2. The van der Waals surface area contributed by atoms with Gasteiger partial charge in [0.05, 0.1) is 5.54 Å². The summed E-state index contributed by atoms with van der Waals surface area (Å²) in [6, 6.07) is 6.54. The van der Waals surface area contributed by atoms with Gasteiger partial charge in [0.25, 0.3) is 5.91 Å². The van der Waals surface area contributed by atoms with E-state index < -0.39 is 5.54 Å². The van der Waals surface area contributed by atoms with E-state index in [2.05, 4.69) is 5.43 Å². The van der Waals surface area contributed by atoms with Crippen LogP contribution in [-0.4, -0.2) is 22.4 Å². The minimum Gasteiger partial charge on any atom is -0.274 e. The van der Waals surface area contributed by atoms with E-state index in [1.807, 2.05) is 20.8 Å². The van der Waals surface area contributed by atoms with Gasteiger partial charge in [0.15, 0.2) is 0 Å². The lowest BCUT2D eigenvalue weighted by atomic mass is 10.1. The minimum atomic E-state index is -0.512. The molecule has 0 saturated heterocycles. The lowest BCUT2D eigenvalue weighted by molar-refractivity contribution is -0.124. The highest BCUT2D eigenvalue weighted by Gasteiger charge is 2.28. The van der Waals surface area contributed by atoms with Gasteiger partial charge >= 0.3 is 0 Å². The predicted octanol–water partition coefficient (Wildman–Crippen LogP) is 2.63. The van der Waals surface area contributed by atoms with Crippen molar-refractivity contribution in [3.63, 3.8) is 0 Å². The standard InChI is InChI=1S/C13H17ClN2O2/c1-9(17)15-16(13(2,3)4)12(18)10-5-7-11(14)8-6-10/h5-8H,1-4H3,(H,15,17). The van der Waals surface area contributed by atoms with Crippen molar-refractivity contribution in [1.29, 1.82) is 0 Å². The number of rotatable bonds is 1. The van der Waals surface area contributed by atoms with Gasteiger partial charge in [-0.15, -0.1) is 0 Å². The fourth-order valence-corrected chi connectivity index (χ4v) is 1.53. The maximum absolute atomic E-state index is 12.3. The van der Waals surface area contributed by atoms with E-state index in [-0.39, 0.29) is 11.8 Å². The van der Waals surface area contributed by atoms with Gasteiger partial charge in [-0.05, 0) is 45.0 Å². The SMILES string of the molecule is CC(=O)NN(C(=O)c1ccc(Cl)cc1)C(C)(C)C. The Bertz CT molecular complexity index is 449. The van der Waals surface area contributed by atoms with Crippen molar-refractivity contribution in [2.75, 3.05) is 0 Å². The van der Waals surface area contributed by atoms with Gasteiger partial charge in [-0.2, -0.15) is 0 Å². The molecule has 1 rings (SSSR count). The summed E-state index contributed by atoms with van der Waals surface area (Å²) in [7, 11) is 0. The normalized spacial score (nSPS) is 10.9. The van der Waals surface area contributed by atoms with Crippen LogP contribution in [0.25, 0.3) is 0 Å². The van der Waals surface area contributed by atoms with E-state index in [9.17, 15) is 9.59 Å². The van der Waals surface area contributed by atoms with Crippen LogP contribution in [0.1, 0.15) is 38.1 Å². The molecule has 18 heavy (non-hydrogen) atoms. The number of hydrazine groups is 1. The molecule has 0 saturated carbocycles. The van der Waals surface area contributed by atoms with Crippen LogP contribution >= 0.6 is 11.6 Å². The third-order valence-corrected chi connectivity index (χ3v) is 2.49. The minimum absolute atomic E-state index is 0.269. The van der Waals surface area contributed by atoms with E-state index in [0.29, 0.717) is 10.6 Å². The molecule has 1 N–H and O–H groups in total. The summed E-state index contributed by atoms with van der Waals surface area (Å²) in [6.07, 6.45) is 0. The zero-order chi connectivity index (χ0) is 13.9. The first-order valence-corrected chi connectivity index (χ1v) is 5.97. The molecular formula is C13H17ClN2O2. The summed E-state index contributed by atoms with van der Waals surface area (Å²) in [6.45, 7) is 6.90. The van der Waals surface area contributed by atoms with E-state index >= 15 is 0 Å². The van der Waals surface area contributed by atoms with Gasteiger partial charge in [0, 0.05) is 17.5 Å². The first kappa shape index (κ1) is 14.5. The lowest BCUT2D eigenvalue weighted by Gasteiger charge is -2.35. The van der Waals surface area contributed by atoms with Crippen molar-refractivity contribution in [2.24, 2.45) is 0 Å². The van der Waals surface area contributed by atoms with Crippen molar-refractivity contribution in [3.8, 4) is 0 Å². The highest BCUT2D eigenvalue weighted by molar-refractivity contribution is 6.30. The molecule has 0 aliphatic rings. The van der Waals surface area contributed by atoms with Crippen molar-refractivity contribution in [3.05, 3.63) is 34.9 Å². The molecule has 0 heterocycles. The summed E-state index contributed by atoms with van der Waals surface area (Å²) < 4.78 is 0. The molecule has 4 nitrogen and oxygen atoms in total. The van der Waals surface area contributed by atoms with Crippen LogP contribution in [0.5, 0.6) is 0 Å². The Morgan fingerprint density at radius 3 is 2.06 bits per heavy atom. The molecule has 0 bridgehead atoms. The molecule has 0 atom stereocenters. The molecule has 0 aromatic heterocycles. The van der Waals surface area contributed by atoms with Crippen molar-refractivity contribution >= 4 is 23.4 Å². The number of hydrogen-bond acceptors (Lipinski definition) is 2. The van der Waals surface area contributed by atoms with Crippen LogP contribution in [0.3, 0.4) is 0 Å². The number of hydrogen-bond donors (Lipinski definition) is 1. The van der Waals surface area contributed by atoms with Gasteiger partial charge in [0.2, 0.25) is 5.91 Å². The molecule has 0 aliphatic heterocycles. The number of carbonyl (C=O) groups is 2. The van der Waals surface area contributed by atoms with Crippen LogP contribution in [0.4, 0.5) is 0 Å². The summed E-state index contributed by atoms with van der Waals surface area (Å²) in [4.78, 5) is 23.5. The average Bonchev–Trinajstić information content (AvgIpc) is 2.24. The number of benzene rings is 1. The fraction of sp³-hybridized carbons (Fsp3) is 0.385. The number of halogens is 1. The van der Waals surface area contributed by atoms with Gasteiger partial charge in [-0.25, -0.2) is 5.01 Å². The summed E-state index contributed by atoms with van der Waals surface area (Å²) >= 11 is 5.78. The van der Waals surface area contributed by atoms with Gasteiger partial charge in [-0.3, -0.25) is 15.0 Å². The number of nitrogens with one attached hydrogen (secondary N) is 1. The highest BCUT2D eigenvalue weighted by Crippen LogP contribution is 2.16. The zero-order valence-corrected chi connectivity index (χ0v) is 11.7. The molecule has 0 spiro atoms. The summed E-state index contributed by atoms with van der Waals surface area (Å²) in [5, 5.41) is 1.88. The van der Waals surface area contributed by atoms with Gasteiger partial charge in [-0.1, -0.05) is 11.6 Å². The van der Waals surface area contributed by atoms with E-state index in [1.165, 1.54) is 11.9 Å². The third kappa shape index (κ3) is 3.74. The Morgan fingerprint density at radius 2 is 1.67 bits per heavy atom. The Kier molecular flexibility index (Phi) is 4.35. The second-order valence-electron chi connectivity index (χ2n) is 4.99. The average molecular weight is 269 g/mol. The Morgan fingerprint density at radius 1 is 1.17 bits per heavy atom. The first-order chi connectivity index (χ1) is 8.21. The molecule has 0 aliphatic carbocycles. The molecule has 1 aromatic rings. The van der Waals surface area contributed by atoms with E-state index in [0.717, 1.165) is 0 Å². The van der Waals surface area contributed by atoms with Crippen molar-refractivity contribution in [2.45, 2.75) is 33.2 Å². The smallest absolute Gasteiger partial charge is 0.272 e. The maximum Gasteiger partial charge on any atom is 0.272 e. The van der Waals surface area contributed by atoms with E-state index in [4.69, 9.17) is 11.6 Å². The number of amides is 2. The Labute approximate surface area is 112 Å². The zero-order valence-electron chi connectivity index (χ0n) is 11.0. The lowest BCUT2D eigenvalue weighted by Crippen LogP contribution is -2.55. The Balaban J connectivity index is 3.02. The molecule has 98 valence electrons. The monoisotopic (exact) mass is 268 g/mol. The second kappa shape index (κ2) is 5.40. The fourth-order valence-electron chi connectivity index (χ4n) is 1.40. The van der Waals surface area contributed by atoms with Crippen LogP contribution < -0.4 is 5.43 Å². The third-order valence-electron chi connectivity index (χ3n) is 2.23. The van der Waals surface area contributed by atoms with Crippen LogP contribution in [0.2, 0.25) is 5.02 Å². The predicted molar refractivity (Wildman–Crippen MR) is 71.2 cm³/mol. The quantitative estimate of drug-likeness (QED) is 0.796. The topological polar surface area (TPSA) is 49.4 Å².